The molecule has 1 aromatic carbocycles. The van der Waals surface area contributed by atoms with Gasteiger partial charge in [-0.25, -0.2) is 0 Å². The molecule has 0 saturated carbocycles. The Morgan fingerprint density at radius 2 is 2.25 bits per heavy atom. The molecule has 0 bridgehead atoms. The summed E-state index contributed by atoms with van der Waals surface area (Å²) >= 11 is 0. The van der Waals surface area contributed by atoms with E-state index in [2.05, 4.69) is 4.98 Å². The quantitative estimate of drug-likeness (QED) is 0.936. The largest absolute Gasteiger partial charge is 0.491 e. The van der Waals surface area contributed by atoms with Crippen molar-refractivity contribution in [1.29, 1.82) is 0 Å². The Bertz CT molecular complexity index is 758. The van der Waals surface area contributed by atoms with Crippen LogP contribution in [-0.4, -0.2) is 35.0 Å². The number of nitrogens with zero attached hydrogens (tertiary/aromatic N) is 2. The van der Waals surface area contributed by atoms with Crippen molar-refractivity contribution in [2.45, 2.75) is 39.7 Å². The maximum Gasteiger partial charge on any atom is 0.225 e. The first kappa shape index (κ1) is 16.6. The third-order valence-corrected chi connectivity index (χ3v) is 4.54. The molecule has 1 amide bonds. The van der Waals surface area contributed by atoms with Gasteiger partial charge in [-0.3, -0.25) is 9.78 Å². The minimum atomic E-state index is 0.0194. The van der Waals surface area contributed by atoms with Gasteiger partial charge >= 0.3 is 0 Å². The average Bonchev–Trinajstić information content (AvgIpc) is 2.99. The molecular formula is C19H25N3O2. The standard InChI is InChI=1S/C19H25N3O2/c1-12(2)19(23)22-9-5-6-14(22)11-24-17-8-4-7-16-18(17)15(20)10-13(3)21-16/h4,7-8,10,12,14H,5-6,9,11H2,1-3H3,(H2,20,21)/t14-/m1/s1. The Labute approximate surface area is 142 Å². The van der Waals surface area contributed by atoms with Gasteiger partial charge < -0.3 is 15.4 Å². The highest BCUT2D eigenvalue weighted by Gasteiger charge is 2.30. The van der Waals surface area contributed by atoms with Crippen LogP contribution in [0.1, 0.15) is 32.4 Å². The molecule has 5 heteroatoms. The zero-order chi connectivity index (χ0) is 17.3. The van der Waals surface area contributed by atoms with Gasteiger partial charge in [0.15, 0.2) is 0 Å². The van der Waals surface area contributed by atoms with E-state index >= 15 is 0 Å². The van der Waals surface area contributed by atoms with Gasteiger partial charge in [-0.15, -0.1) is 0 Å². The van der Waals surface area contributed by atoms with E-state index in [1.165, 1.54) is 0 Å². The number of aromatic nitrogens is 1. The third-order valence-electron chi connectivity index (χ3n) is 4.54. The molecule has 2 aromatic rings. The van der Waals surface area contributed by atoms with Gasteiger partial charge in [0.2, 0.25) is 5.91 Å². The number of anilines is 1. The molecule has 1 aromatic heterocycles. The van der Waals surface area contributed by atoms with E-state index in [0.29, 0.717) is 12.3 Å². The normalized spacial score (nSPS) is 17.7. The summed E-state index contributed by atoms with van der Waals surface area (Å²) in [6.45, 7) is 7.13. The van der Waals surface area contributed by atoms with Crippen molar-refractivity contribution in [3.8, 4) is 5.75 Å². The van der Waals surface area contributed by atoms with E-state index in [4.69, 9.17) is 10.5 Å². The van der Waals surface area contributed by atoms with E-state index in [1.807, 2.05) is 49.9 Å². The number of nitrogen functional groups attached to an aromatic ring is 1. The number of hydrogen-bond donors (Lipinski definition) is 1. The van der Waals surface area contributed by atoms with E-state index in [-0.39, 0.29) is 17.9 Å². The molecule has 0 radical (unpaired) electrons. The molecule has 3 rings (SSSR count). The fourth-order valence-corrected chi connectivity index (χ4v) is 3.36. The van der Waals surface area contributed by atoms with Crippen LogP contribution in [0.4, 0.5) is 5.69 Å². The molecule has 2 heterocycles. The summed E-state index contributed by atoms with van der Waals surface area (Å²) in [5.74, 6) is 0.961. The van der Waals surface area contributed by atoms with E-state index < -0.39 is 0 Å². The highest BCUT2D eigenvalue weighted by atomic mass is 16.5. The first-order valence-corrected chi connectivity index (χ1v) is 8.56. The lowest BCUT2D eigenvalue weighted by molar-refractivity contribution is -0.135. The van der Waals surface area contributed by atoms with Crippen LogP contribution in [0.15, 0.2) is 24.3 Å². The van der Waals surface area contributed by atoms with Gasteiger partial charge in [-0.05, 0) is 38.0 Å². The summed E-state index contributed by atoms with van der Waals surface area (Å²) < 4.78 is 6.07. The first-order chi connectivity index (χ1) is 11.5. The van der Waals surface area contributed by atoms with Crippen molar-refractivity contribution < 1.29 is 9.53 Å². The van der Waals surface area contributed by atoms with Gasteiger partial charge in [0.1, 0.15) is 12.4 Å². The molecule has 0 unspecified atom stereocenters. The zero-order valence-corrected chi connectivity index (χ0v) is 14.6. The molecule has 2 N–H and O–H groups in total. The van der Waals surface area contributed by atoms with Crippen LogP contribution in [0, 0.1) is 12.8 Å². The lowest BCUT2D eigenvalue weighted by Gasteiger charge is -2.26. The van der Waals surface area contributed by atoms with Crippen molar-refractivity contribution in [3.63, 3.8) is 0 Å². The summed E-state index contributed by atoms with van der Waals surface area (Å²) in [5.41, 5.74) is 8.58. The van der Waals surface area contributed by atoms with Crippen LogP contribution in [0.2, 0.25) is 0 Å². The number of ether oxygens (including phenoxy) is 1. The average molecular weight is 327 g/mol. The second kappa shape index (κ2) is 6.67. The van der Waals surface area contributed by atoms with Gasteiger partial charge in [0.25, 0.3) is 0 Å². The number of benzene rings is 1. The molecule has 5 nitrogen and oxygen atoms in total. The highest BCUT2D eigenvalue weighted by Crippen LogP contribution is 2.31. The lowest BCUT2D eigenvalue weighted by Crippen LogP contribution is -2.41. The van der Waals surface area contributed by atoms with Gasteiger partial charge in [0, 0.05) is 23.8 Å². The van der Waals surface area contributed by atoms with E-state index in [0.717, 1.165) is 41.7 Å². The number of nitrogens with two attached hydrogens (primary N) is 1. The molecule has 1 aliphatic rings. The van der Waals surface area contributed by atoms with Crippen molar-refractivity contribution in [1.82, 2.24) is 9.88 Å². The van der Waals surface area contributed by atoms with Crippen LogP contribution < -0.4 is 10.5 Å². The van der Waals surface area contributed by atoms with Gasteiger partial charge in [-0.1, -0.05) is 19.9 Å². The molecule has 1 aliphatic heterocycles. The Morgan fingerprint density at radius 3 is 3.00 bits per heavy atom. The van der Waals surface area contributed by atoms with Crippen LogP contribution in [0.5, 0.6) is 5.75 Å². The summed E-state index contributed by atoms with van der Waals surface area (Å²) in [5, 5.41) is 0.850. The van der Waals surface area contributed by atoms with Gasteiger partial charge in [-0.2, -0.15) is 0 Å². The topological polar surface area (TPSA) is 68.5 Å². The fraction of sp³-hybridized carbons (Fsp3) is 0.474. The van der Waals surface area contributed by atoms with Crippen molar-refractivity contribution >= 4 is 22.5 Å². The number of aryl methyl sites for hydroxylation is 1. The molecule has 0 spiro atoms. The summed E-state index contributed by atoms with van der Waals surface area (Å²) in [6, 6.07) is 7.78. The second-order valence-electron chi connectivity index (χ2n) is 6.80. The fourth-order valence-electron chi connectivity index (χ4n) is 3.36. The lowest BCUT2D eigenvalue weighted by atomic mass is 10.1. The van der Waals surface area contributed by atoms with Crippen LogP contribution in [-0.2, 0) is 4.79 Å². The summed E-state index contributed by atoms with van der Waals surface area (Å²) in [7, 11) is 0. The number of rotatable bonds is 4. The molecule has 1 saturated heterocycles. The van der Waals surface area contributed by atoms with E-state index in [9.17, 15) is 4.79 Å². The number of hydrogen-bond acceptors (Lipinski definition) is 4. The summed E-state index contributed by atoms with van der Waals surface area (Å²) in [4.78, 5) is 18.8. The van der Waals surface area contributed by atoms with Crippen LogP contribution >= 0.6 is 0 Å². The third kappa shape index (κ3) is 3.16. The number of carbonyl (C=O) groups excluding carboxylic acids is 1. The monoisotopic (exact) mass is 327 g/mol. The number of amides is 1. The SMILES string of the molecule is Cc1cc(N)c2c(OC[C@H]3CCCN3C(=O)C(C)C)cccc2n1. The first-order valence-electron chi connectivity index (χ1n) is 8.56. The number of carbonyl (C=O) groups is 1. The molecule has 24 heavy (non-hydrogen) atoms. The smallest absolute Gasteiger partial charge is 0.225 e. The van der Waals surface area contributed by atoms with Crippen LogP contribution in [0.25, 0.3) is 10.9 Å². The molecule has 0 aliphatic carbocycles. The predicted octanol–water partition coefficient (Wildman–Crippen LogP) is 3.15. The maximum absolute atomic E-state index is 12.3. The van der Waals surface area contributed by atoms with Gasteiger partial charge in [0.05, 0.1) is 16.9 Å². The molecule has 128 valence electrons. The molecule has 1 atom stereocenters. The second-order valence-corrected chi connectivity index (χ2v) is 6.80. The van der Waals surface area contributed by atoms with Crippen molar-refractivity contribution in [2.24, 2.45) is 5.92 Å². The zero-order valence-electron chi connectivity index (χ0n) is 14.6. The van der Waals surface area contributed by atoms with Crippen LogP contribution in [0.3, 0.4) is 0 Å². The molecular weight excluding hydrogens is 302 g/mol. The minimum absolute atomic E-state index is 0.0194. The highest BCUT2D eigenvalue weighted by molar-refractivity contribution is 5.95. The van der Waals surface area contributed by atoms with Crippen molar-refractivity contribution in [2.75, 3.05) is 18.9 Å². The van der Waals surface area contributed by atoms with E-state index in [1.54, 1.807) is 0 Å². The maximum atomic E-state index is 12.3. The predicted molar refractivity (Wildman–Crippen MR) is 96.0 cm³/mol. The Hall–Kier alpha value is -2.30. The number of fused-ring (bicyclic) bond motifs is 1. The Balaban J connectivity index is 1.80. The summed E-state index contributed by atoms with van der Waals surface area (Å²) in [6.07, 6.45) is 2.01. The number of likely N-dealkylation sites (tertiary alicyclic amines) is 1. The number of pyridine rings is 1. The Kier molecular flexibility index (Phi) is 4.60. The Morgan fingerprint density at radius 1 is 1.46 bits per heavy atom. The minimum Gasteiger partial charge on any atom is -0.491 e. The van der Waals surface area contributed by atoms with Crippen molar-refractivity contribution in [3.05, 3.63) is 30.0 Å². The molecule has 1 fully saturated rings.